The summed E-state index contributed by atoms with van der Waals surface area (Å²) in [5, 5.41) is 0. The molecule has 0 aliphatic heterocycles. The van der Waals surface area contributed by atoms with E-state index in [1.165, 1.54) is 108 Å². The number of ether oxygens (including phenoxy) is 2. The molecule has 5 heteroatoms. The van der Waals surface area contributed by atoms with Crippen molar-refractivity contribution in [1.29, 1.82) is 0 Å². The van der Waals surface area contributed by atoms with Gasteiger partial charge in [-0.2, -0.15) is 0 Å². The maximum atomic E-state index is 13.3. The first-order valence-electron chi connectivity index (χ1n) is 24.6. The number of benzene rings is 1. The Kier molecular flexibility index (Phi) is 36.0. The number of esters is 2. The molecule has 326 valence electrons. The van der Waals surface area contributed by atoms with Gasteiger partial charge in [0, 0.05) is 12.6 Å². The number of carbonyl (C=O) groups is 2. The fourth-order valence-electron chi connectivity index (χ4n) is 8.20. The standard InChI is InChI=1S/C51H93NO4/c1-6-11-16-20-21-29-38-47(36-27-17-12-7-2)50(53)56-44-32-23-22-30-42-52(45-46-34-25-24-26-35-46)49(40-15-10-5)41-33-39-48(37-28-18-13-8-3)51(54)55-43-31-19-14-9-4/h24-26,34-35,47-49H,6-23,27-33,36-45H2,1-5H3. The highest BCUT2D eigenvalue weighted by atomic mass is 16.5. The number of carbonyl (C=O) groups excluding carboxylic acids is 2. The normalized spacial score (nSPS) is 13.2. The average molecular weight is 784 g/mol. The van der Waals surface area contributed by atoms with Gasteiger partial charge < -0.3 is 9.47 Å². The summed E-state index contributed by atoms with van der Waals surface area (Å²) in [5.41, 5.74) is 1.38. The predicted octanol–water partition coefficient (Wildman–Crippen LogP) is 15.4. The van der Waals surface area contributed by atoms with Crippen LogP contribution in [0, 0.1) is 11.8 Å². The topological polar surface area (TPSA) is 55.8 Å². The highest BCUT2D eigenvalue weighted by Crippen LogP contribution is 2.25. The first-order valence-corrected chi connectivity index (χ1v) is 24.6. The van der Waals surface area contributed by atoms with Gasteiger partial charge in [0.1, 0.15) is 0 Å². The Morgan fingerprint density at radius 3 is 1.36 bits per heavy atom. The molecular weight excluding hydrogens is 691 g/mol. The molecule has 0 bridgehead atoms. The SMILES string of the molecule is CCCCCCCCC(CCCCCC)C(=O)OCCCCCCN(Cc1ccccc1)C(CCCC)CCCC(CCCCCC)C(=O)OCCCCCC. The van der Waals surface area contributed by atoms with E-state index in [1.807, 2.05) is 0 Å². The highest BCUT2D eigenvalue weighted by Gasteiger charge is 2.23. The second kappa shape index (κ2) is 38.6. The van der Waals surface area contributed by atoms with Crippen LogP contribution in [-0.4, -0.2) is 42.6 Å². The summed E-state index contributed by atoms with van der Waals surface area (Å²) in [4.78, 5) is 29.2. The van der Waals surface area contributed by atoms with Crippen molar-refractivity contribution < 1.29 is 19.1 Å². The fraction of sp³-hybridized carbons (Fsp3) is 0.843. The molecule has 0 radical (unpaired) electrons. The average Bonchev–Trinajstić information content (AvgIpc) is 3.21. The number of nitrogens with zero attached hydrogens (tertiary/aromatic N) is 1. The molecule has 1 rings (SSSR count). The molecule has 56 heavy (non-hydrogen) atoms. The summed E-state index contributed by atoms with van der Waals surface area (Å²) in [7, 11) is 0. The first-order chi connectivity index (χ1) is 27.5. The Labute approximate surface area is 348 Å². The van der Waals surface area contributed by atoms with Crippen LogP contribution in [0.25, 0.3) is 0 Å². The van der Waals surface area contributed by atoms with Crippen LogP contribution in [0.4, 0.5) is 0 Å². The van der Waals surface area contributed by atoms with E-state index in [9.17, 15) is 9.59 Å². The molecule has 0 fully saturated rings. The molecule has 3 atom stereocenters. The summed E-state index contributed by atoms with van der Waals surface area (Å²) >= 11 is 0. The van der Waals surface area contributed by atoms with Crippen molar-refractivity contribution in [3.63, 3.8) is 0 Å². The van der Waals surface area contributed by atoms with Crippen molar-refractivity contribution in [1.82, 2.24) is 4.90 Å². The lowest BCUT2D eigenvalue weighted by Gasteiger charge is -2.33. The van der Waals surface area contributed by atoms with Crippen LogP contribution in [0.1, 0.15) is 239 Å². The van der Waals surface area contributed by atoms with E-state index in [1.54, 1.807) is 0 Å². The van der Waals surface area contributed by atoms with Crippen LogP contribution in [-0.2, 0) is 25.6 Å². The van der Waals surface area contributed by atoms with Crippen LogP contribution in [0.5, 0.6) is 0 Å². The lowest BCUT2D eigenvalue weighted by molar-refractivity contribution is -0.150. The summed E-state index contributed by atoms with van der Waals surface area (Å²) in [6.45, 7) is 14.5. The lowest BCUT2D eigenvalue weighted by Crippen LogP contribution is -2.36. The molecule has 0 aromatic heterocycles. The minimum Gasteiger partial charge on any atom is -0.465 e. The third-order valence-corrected chi connectivity index (χ3v) is 11.9. The first kappa shape index (κ1) is 52.1. The Hall–Kier alpha value is -1.88. The van der Waals surface area contributed by atoms with Gasteiger partial charge in [-0.3, -0.25) is 14.5 Å². The molecule has 0 heterocycles. The third kappa shape index (κ3) is 28.5. The summed E-state index contributed by atoms with van der Waals surface area (Å²) < 4.78 is 11.8. The third-order valence-electron chi connectivity index (χ3n) is 11.9. The summed E-state index contributed by atoms with van der Waals surface area (Å²) in [5.74, 6) is 0.233. The van der Waals surface area contributed by atoms with Gasteiger partial charge in [-0.1, -0.05) is 206 Å². The predicted molar refractivity (Wildman–Crippen MR) is 241 cm³/mol. The largest absolute Gasteiger partial charge is 0.465 e. The molecule has 1 aromatic carbocycles. The van der Waals surface area contributed by atoms with E-state index < -0.39 is 0 Å². The zero-order chi connectivity index (χ0) is 40.7. The monoisotopic (exact) mass is 784 g/mol. The summed E-state index contributed by atoms with van der Waals surface area (Å²) in [6.07, 6.45) is 36.0. The van der Waals surface area contributed by atoms with Gasteiger partial charge in [0.2, 0.25) is 0 Å². The van der Waals surface area contributed by atoms with Crippen molar-refractivity contribution in [3.8, 4) is 0 Å². The van der Waals surface area contributed by atoms with Crippen LogP contribution in [0.3, 0.4) is 0 Å². The van der Waals surface area contributed by atoms with Gasteiger partial charge in [-0.05, 0) is 69.9 Å². The lowest BCUT2D eigenvalue weighted by atomic mass is 9.92. The van der Waals surface area contributed by atoms with Crippen molar-refractivity contribution in [2.45, 2.75) is 246 Å². The maximum absolute atomic E-state index is 13.3. The minimum absolute atomic E-state index is 0.0356. The maximum Gasteiger partial charge on any atom is 0.308 e. The van der Waals surface area contributed by atoms with Gasteiger partial charge in [0.05, 0.1) is 25.0 Å². The fourth-order valence-corrected chi connectivity index (χ4v) is 8.20. The smallest absolute Gasteiger partial charge is 0.308 e. The molecule has 0 N–H and O–H groups in total. The highest BCUT2D eigenvalue weighted by molar-refractivity contribution is 5.72. The minimum atomic E-state index is 0.0356. The molecule has 3 unspecified atom stereocenters. The van der Waals surface area contributed by atoms with E-state index >= 15 is 0 Å². The van der Waals surface area contributed by atoms with Gasteiger partial charge in [-0.15, -0.1) is 0 Å². The molecule has 0 saturated heterocycles. The number of hydrogen-bond donors (Lipinski definition) is 0. The quantitative estimate of drug-likeness (QED) is 0.0489. The molecule has 1 aromatic rings. The second-order valence-corrected chi connectivity index (χ2v) is 17.1. The number of hydrogen-bond acceptors (Lipinski definition) is 5. The Balaban J connectivity index is 2.73. The van der Waals surface area contributed by atoms with Crippen molar-refractivity contribution in [2.24, 2.45) is 11.8 Å². The second-order valence-electron chi connectivity index (χ2n) is 17.1. The van der Waals surface area contributed by atoms with Gasteiger partial charge in [-0.25, -0.2) is 0 Å². The summed E-state index contributed by atoms with van der Waals surface area (Å²) in [6, 6.07) is 11.5. The van der Waals surface area contributed by atoms with Crippen molar-refractivity contribution in [2.75, 3.05) is 19.8 Å². The molecule has 0 aliphatic rings. The number of rotatable bonds is 41. The molecular formula is C51H93NO4. The van der Waals surface area contributed by atoms with E-state index in [4.69, 9.17) is 9.47 Å². The van der Waals surface area contributed by atoms with E-state index in [0.717, 1.165) is 109 Å². The Morgan fingerprint density at radius 1 is 0.446 bits per heavy atom. The van der Waals surface area contributed by atoms with Crippen LogP contribution in [0.2, 0.25) is 0 Å². The van der Waals surface area contributed by atoms with Gasteiger partial charge >= 0.3 is 11.9 Å². The van der Waals surface area contributed by atoms with Gasteiger partial charge in [0.15, 0.2) is 0 Å². The van der Waals surface area contributed by atoms with Crippen LogP contribution >= 0.6 is 0 Å². The van der Waals surface area contributed by atoms with E-state index in [0.29, 0.717) is 19.3 Å². The molecule has 0 spiro atoms. The van der Waals surface area contributed by atoms with E-state index in [2.05, 4.69) is 69.9 Å². The molecule has 0 amide bonds. The zero-order valence-corrected chi connectivity index (χ0v) is 37.9. The molecule has 5 nitrogen and oxygen atoms in total. The molecule has 0 saturated carbocycles. The van der Waals surface area contributed by atoms with E-state index in [-0.39, 0.29) is 23.8 Å². The Bertz CT molecular complexity index is 999. The van der Waals surface area contributed by atoms with Crippen LogP contribution < -0.4 is 0 Å². The van der Waals surface area contributed by atoms with Crippen molar-refractivity contribution >= 4 is 11.9 Å². The Morgan fingerprint density at radius 2 is 0.839 bits per heavy atom. The van der Waals surface area contributed by atoms with Gasteiger partial charge in [0.25, 0.3) is 0 Å². The van der Waals surface area contributed by atoms with Crippen molar-refractivity contribution in [3.05, 3.63) is 35.9 Å². The van der Waals surface area contributed by atoms with Crippen LogP contribution in [0.15, 0.2) is 30.3 Å². The number of unbranched alkanes of at least 4 members (excludes halogenated alkanes) is 18. The molecule has 0 aliphatic carbocycles. The zero-order valence-electron chi connectivity index (χ0n) is 37.9.